The number of rotatable bonds is 4. The van der Waals surface area contributed by atoms with Crippen LogP contribution in [0.3, 0.4) is 0 Å². The van der Waals surface area contributed by atoms with Gasteiger partial charge in [0.25, 0.3) is 5.56 Å². The summed E-state index contributed by atoms with van der Waals surface area (Å²) in [6, 6.07) is 4.49. The normalized spacial score (nSPS) is 13.6. The van der Waals surface area contributed by atoms with E-state index in [1.54, 1.807) is 17.9 Å². The molecule has 0 unspecified atom stereocenters. The number of hydrogen-bond acceptors (Lipinski definition) is 5. The van der Waals surface area contributed by atoms with E-state index in [2.05, 4.69) is 4.98 Å². The maximum atomic E-state index is 13.6. The molecule has 2 aromatic rings. The van der Waals surface area contributed by atoms with Gasteiger partial charge in [0, 0.05) is 18.8 Å². The molecule has 1 aliphatic heterocycles. The Morgan fingerprint density at radius 1 is 1.36 bits per heavy atom. The predicted octanol–water partition coefficient (Wildman–Crippen LogP) is 0.913. The number of aromatic amines is 1. The second-order valence-electron chi connectivity index (χ2n) is 5.99. The molecule has 0 fully saturated rings. The minimum absolute atomic E-state index is 0.106. The highest BCUT2D eigenvalue weighted by molar-refractivity contribution is 6.02. The lowest BCUT2D eigenvalue weighted by Crippen LogP contribution is -2.40. The van der Waals surface area contributed by atoms with Gasteiger partial charge in [-0.15, -0.1) is 0 Å². The van der Waals surface area contributed by atoms with Crippen molar-refractivity contribution < 1.29 is 9.18 Å². The zero-order valence-corrected chi connectivity index (χ0v) is 13.8. The molecule has 0 saturated heterocycles. The molecule has 0 radical (unpaired) electrons. The second kappa shape index (κ2) is 6.54. The first-order chi connectivity index (χ1) is 11.9. The molecule has 3 N–H and O–H groups in total. The van der Waals surface area contributed by atoms with Crippen LogP contribution >= 0.6 is 0 Å². The number of aromatic nitrogens is 2. The van der Waals surface area contributed by atoms with Crippen LogP contribution in [-0.2, 0) is 13.0 Å². The molecule has 7 nitrogen and oxygen atoms in total. The number of carbonyl (C=O) groups excluding carboxylic acids is 1. The molecule has 132 valence electrons. The van der Waals surface area contributed by atoms with Gasteiger partial charge in [-0.1, -0.05) is 6.07 Å². The van der Waals surface area contributed by atoms with E-state index in [4.69, 9.17) is 5.73 Å². The Balaban J connectivity index is 1.96. The second-order valence-corrected chi connectivity index (χ2v) is 5.99. The number of Topliss-reactive ketones (excluding diaryl/α,β-unsaturated/α-hetero) is 1. The van der Waals surface area contributed by atoms with Crippen LogP contribution in [0.1, 0.15) is 29.3 Å². The van der Waals surface area contributed by atoms with Crippen LogP contribution < -0.4 is 21.9 Å². The quantitative estimate of drug-likeness (QED) is 0.802. The number of nitrogens with one attached hydrogen (secondary N) is 1. The average Bonchev–Trinajstić information content (AvgIpc) is 2.55. The first-order valence-corrected chi connectivity index (χ1v) is 8.11. The molecule has 0 spiro atoms. The van der Waals surface area contributed by atoms with Gasteiger partial charge in [0.05, 0.1) is 6.54 Å². The van der Waals surface area contributed by atoms with Gasteiger partial charge in [0.2, 0.25) is 0 Å². The van der Waals surface area contributed by atoms with E-state index in [1.807, 2.05) is 0 Å². The molecule has 0 saturated carbocycles. The number of nitrogens with zero attached hydrogens (tertiary/aromatic N) is 2. The molecule has 0 bridgehead atoms. The predicted molar refractivity (Wildman–Crippen MR) is 92.7 cm³/mol. The lowest BCUT2D eigenvalue weighted by Gasteiger charge is -2.30. The Labute approximate surface area is 142 Å². The van der Waals surface area contributed by atoms with E-state index < -0.39 is 17.0 Å². The van der Waals surface area contributed by atoms with Crippen LogP contribution in [0.15, 0.2) is 27.8 Å². The summed E-state index contributed by atoms with van der Waals surface area (Å²) < 4.78 is 14.7. The van der Waals surface area contributed by atoms with Crippen molar-refractivity contribution >= 4 is 17.3 Å². The molecule has 0 aliphatic carbocycles. The number of nitrogen functional groups attached to an aromatic ring is 1. The van der Waals surface area contributed by atoms with Crippen LogP contribution in [0, 0.1) is 5.82 Å². The number of carbonyl (C=O) groups is 1. The summed E-state index contributed by atoms with van der Waals surface area (Å²) in [5, 5.41) is 0. The number of H-pyrrole nitrogens is 1. The fourth-order valence-corrected chi connectivity index (χ4v) is 3.21. The van der Waals surface area contributed by atoms with Gasteiger partial charge in [0.15, 0.2) is 5.78 Å². The number of anilines is 2. The van der Waals surface area contributed by atoms with Crippen LogP contribution in [0.4, 0.5) is 15.9 Å². The summed E-state index contributed by atoms with van der Waals surface area (Å²) in [6.45, 7) is 2.40. The summed E-state index contributed by atoms with van der Waals surface area (Å²) in [5.74, 6) is -1.02. The van der Waals surface area contributed by atoms with Crippen molar-refractivity contribution in [1.82, 2.24) is 9.55 Å². The molecule has 1 aliphatic rings. The summed E-state index contributed by atoms with van der Waals surface area (Å²) >= 11 is 0. The maximum Gasteiger partial charge on any atom is 0.329 e. The van der Waals surface area contributed by atoms with Crippen molar-refractivity contribution in [2.24, 2.45) is 0 Å². The van der Waals surface area contributed by atoms with Gasteiger partial charge in [-0.25, -0.2) is 9.18 Å². The van der Waals surface area contributed by atoms with E-state index in [0.717, 1.165) is 23.0 Å². The van der Waals surface area contributed by atoms with E-state index >= 15 is 0 Å². The van der Waals surface area contributed by atoms with Crippen LogP contribution in [-0.4, -0.2) is 28.4 Å². The third kappa shape index (κ3) is 3.07. The molecule has 25 heavy (non-hydrogen) atoms. The molecule has 3 rings (SSSR count). The zero-order valence-electron chi connectivity index (χ0n) is 13.8. The lowest BCUT2D eigenvalue weighted by molar-refractivity contribution is 0.0997. The van der Waals surface area contributed by atoms with E-state index in [0.29, 0.717) is 12.2 Å². The molecule has 0 atom stereocenters. The zero-order chi connectivity index (χ0) is 18.1. The Bertz CT molecular complexity index is 948. The Kier molecular flexibility index (Phi) is 4.43. The van der Waals surface area contributed by atoms with Crippen LogP contribution in [0.2, 0.25) is 0 Å². The fraction of sp³-hybridized carbons (Fsp3) is 0.353. The third-order valence-electron chi connectivity index (χ3n) is 4.43. The average molecular weight is 346 g/mol. The number of nitrogens with two attached hydrogens (primary N) is 1. The Morgan fingerprint density at radius 2 is 2.12 bits per heavy atom. The van der Waals surface area contributed by atoms with Crippen molar-refractivity contribution in [3.8, 4) is 0 Å². The van der Waals surface area contributed by atoms with Crippen LogP contribution in [0.5, 0.6) is 0 Å². The highest BCUT2D eigenvalue weighted by atomic mass is 19.1. The number of halogens is 1. The first-order valence-electron chi connectivity index (χ1n) is 8.11. The molecule has 1 aromatic carbocycles. The van der Waals surface area contributed by atoms with Crippen molar-refractivity contribution in [1.29, 1.82) is 0 Å². The number of fused-ring (bicyclic) bond motifs is 1. The van der Waals surface area contributed by atoms with Crippen LogP contribution in [0.25, 0.3) is 0 Å². The summed E-state index contributed by atoms with van der Waals surface area (Å²) in [4.78, 5) is 40.3. The topological polar surface area (TPSA) is 101 Å². The van der Waals surface area contributed by atoms with Crippen molar-refractivity contribution in [3.63, 3.8) is 0 Å². The first kappa shape index (κ1) is 16.9. The van der Waals surface area contributed by atoms with Gasteiger partial charge in [-0.05, 0) is 37.5 Å². The standard InChI is InChI=1S/C17H19FN4O3/c1-2-22-15(19)14(16(24)20-17(22)25)13(23)9-21-7-3-4-10-5-6-11(18)8-12(10)21/h5-6,8H,2-4,7,9,19H2,1H3,(H,20,24,25). The van der Waals surface area contributed by atoms with Gasteiger partial charge < -0.3 is 10.6 Å². The van der Waals surface area contributed by atoms with Gasteiger partial charge >= 0.3 is 5.69 Å². The highest BCUT2D eigenvalue weighted by Crippen LogP contribution is 2.28. The number of hydrogen-bond donors (Lipinski definition) is 2. The van der Waals surface area contributed by atoms with Crippen molar-refractivity contribution in [2.75, 3.05) is 23.7 Å². The summed E-state index contributed by atoms with van der Waals surface area (Å²) in [6.07, 6.45) is 1.63. The molecular formula is C17H19FN4O3. The van der Waals surface area contributed by atoms with E-state index in [-0.39, 0.29) is 30.3 Å². The SMILES string of the molecule is CCn1c(N)c(C(=O)CN2CCCc3ccc(F)cc32)c(=O)[nH]c1=O. The van der Waals surface area contributed by atoms with Gasteiger partial charge in [0.1, 0.15) is 17.2 Å². The number of benzene rings is 1. The van der Waals surface area contributed by atoms with Crippen molar-refractivity contribution in [3.05, 3.63) is 56.0 Å². The lowest BCUT2D eigenvalue weighted by atomic mass is 10.0. The molecular weight excluding hydrogens is 327 g/mol. The Morgan fingerprint density at radius 3 is 2.84 bits per heavy atom. The smallest absolute Gasteiger partial charge is 0.329 e. The minimum Gasteiger partial charge on any atom is -0.384 e. The molecule has 8 heteroatoms. The van der Waals surface area contributed by atoms with E-state index in [1.165, 1.54) is 12.1 Å². The highest BCUT2D eigenvalue weighted by Gasteiger charge is 2.24. The minimum atomic E-state index is -0.798. The van der Waals surface area contributed by atoms with Gasteiger partial charge in [-0.3, -0.25) is 19.1 Å². The third-order valence-corrected chi connectivity index (χ3v) is 4.43. The van der Waals surface area contributed by atoms with Crippen molar-refractivity contribution in [2.45, 2.75) is 26.3 Å². The largest absolute Gasteiger partial charge is 0.384 e. The molecule has 0 amide bonds. The maximum absolute atomic E-state index is 13.6. The summed E-state index contributed by atoms with van der Waals surface area (Å²) in [5.41, 5.74) is 5.80. The van der Waals surface area contributed by atoms with E-state index in [9.17, 15) is 18.8 Å². The summed E-state index contributed by atoms with van der Waals surface area (Å²) in [7, 11) is 0. The fourth-order valence-electron chi connectivity index (χ4n) is 3.21. The Hall–Kier alpha value is -2.90. The monoisotopic (exact) mass is 346 g/mol. The number of aryl methyl sites for hydroxylation is 1. The van der Waals surface area contributed by atoms with Gasteiger partial charge in [-0.2, -0.15) is 0 Å². The molecule has 2 heterocycles. The molecule has 1 aromatic heterocycles. The number of ketones is 1.